The number of hydrogen-bond donors (Lipinski definition) is 3. The quantitative estimate of drug-likeness (QED) is 0.750. The van der Waals surface area contributed by atoms with Gasteiger partial charge in [-0.15, -0.1) is 0 Å². The maximum absolute atomic E-state index is 9.26. The summed E-state index contributed by atoms with van der Waals surface area (Å²) in [6.07, 6.45) is 1.75. The molecule has 4 nitrogen and oxygen atoms in total. The van der Waals surface area contributed by atoms with Gasteiger partial charge in [0.2, 0.25) is 0 Å². The maximum Gasteiger partial charge on any atom is 0.0722 e. The standard InChI is InChI=1S/C14H18N2O2/c1-14(9-17,10-18)8-16-13-6-7-15-12-5-3-2-4-11(12)13/h2-7,17-18H,8-10H2,1H3,(H,15,16). The first kappa shape index (κ1) is 12.8. The van der Waals surface area contributed by atoms with Crippen LogP contribution in [0.25, 0.3) is 10.9 Å². The molecule has 3 N–H and O–H groups in total. The zero-order valence-electron chi connectivity index (χ0n) is 10.4. The number of anilines is 1. The molecule has 1 aromatic carbocycles. The molecule has 2 rings (SSSR count). The molecule has 0 spiro atoms. The predicted molar refractivity (Wildman–Crippen MR) is 72.5 cm³/mol. The molecular weight excluding hydrogens is 228 g/mol. The van der Waals surface area contributed by atoms with Crippen LogP contribution in [0.4, 0.5) is 5.69 Å². The molecule has 0 aliphatic heterocycles. The van der Waals surface area contributed by atoms with Gasteiger partial charge in [-0.3, -0.25) is 4.98 Å². The number of aliphatic hydroxyl groups is 2. The van der Waals surface area contributed by atoms with E-state index in [-0.39, 0.29) is 13.2 Å². The molecule has 4 heteroatoms. The summed E-state index contributed by atoms with van der Waals surface area (Å²) >= 11 is 0. The molecule has 0 aliphatic carbocycles. The van der Waals surface area contributed by atoms with Gasteiger partial charge in [0.1, 0.15) is 0 Å². The largest absolute Gasteiger partial charge is 0.396 e. The van der Waals surface area contributed by atoms with E-state index < -0.39 is 5.41 Å². The van der Waals surface area contributed by atoms with Crippen molar-refractivity contribution in [3.63, 3.8) is 0 Å². The molecule has 0 atom stereocenters. The summed E-state index contributed by atoms with van der Waals surface area (Å²) in [5.41, 5.74) is 1.37. The van der Waals surface area contributed by atoms with E-state index in [1.165, 1.54) is 0 Å². The Morgan fingerprint density at radius 2 is 1.89 bits per heavy atom. The van der Waals surface area contributed by atoms with E-state index in [9.17, 15) is 10.2 Å². The van der Waals surface area contributed by atoms with Crippen LogP contribution in [-0.4, -0.2) is 35.0 Å². The van der Waals surface area contributed by atoms with Crippen LogP contribution < -0.4 is 5.32 Å². The Hall–Kier alpha value is -1.65. The number of benzene rings is 1. The molecule has 18 heavy (non-hydrogen) atoms. The lowest BCUT2D eigenvalue weighted by atomic mass is 9.93. The summed E-state index contributed by atoms with van der Waals surface area (Å²) < 4.78 is 0. The van der Waals surface area contributed by atoms with Gasteiger partial charge in [0.25, 0.3) is 0 Å². The van der Waals surface area contributed by atoms with Gasteiger partial charge in [-0.2, -0.15) is 0 Å². The van der Waals surface area contributed by atoms with Gasteiger partial charge in [0.05, 0.1) is 18.7 Å². The van der Waals surface area contributed by atoms with Crippen molar-refractivity contribution in [3.05, 3.63) is 36.5 Å². The minimum Gasteiger partial charge on any atom is -0.396 e. The number of para-hydroxylation sites is 1. The zero-order valence-corrected chi connectivity index (χ0v) is 10.4. The normalized spacial score (nSPS) is 11.7. The van der Waals surface area contributed by atoms with Gasteiger partial charge >= 0.3 is 0 Å². The molecule has 0 saturated carbocycles. The van der Waals surface area contributed by atoms with E-state index in [1.807, 2.05) is 37.3 Å². The van der Waals surface area contributed by atoms with Crippen LogP contribution in [0, 0.1) is 5.41 Å². The highest BCUT2D eigenvalue weighted by Gasteiger charge is 2.22. The molecule has 1 aromatic heterocycles. The third-order valence-corrected chi connectivity index (χ3v) is 3.12. The van der Waals surface area contributed by atoms with Gasteiger partial charge in [-0.05, 0) is 12.1 Å². The van der Waals surface area contributed by atoms with Gasteiger partial charge < -0.3 is 15.5 Å². The molecule has 0 aliphatic rings. The Balaban J connectivity index is 2.22. The summed E-state index contributed by atoms with van der Waals surface area (Å²) in [4.78, 5) is 4.29. The lowest BCUT2D eigenvalue weighted by molar-refractivity contribution is 0.0807. The Kier molecular flexibility index (Phi) is 3.79. The monoisotopic (exact) mass is 246 g/mol. The lowest BCUT2D eigenvalue weighted by Gasteiger charge is -2.25. The third kappa shape index (κ3) is 2.60. The van der Waals surface area contributed by atoms with Crippen molar-refractivity contribution < 1.29 is 10.2 Å². The van der Waals surface area contributed by atoms with Crippen molar-refractivity contribution in [3.8, 4) is 0 Å². The maximum atomic E-state index is 9.26. The summed E-state index contributed by atoms with van der Waals surface area (Å²) in [7, 11) is 0. The fourth-order valence-electron chi connectivity index (χ4n) is 1.72. The van der Waals surface area contributed by atoms with E-state index in [0.717, 1.165) is 16.6 Å². The Labute approximate surface area is 106 Å². The van der Waals surface area contributed by atoms with Crippen LogP contribution in [0.2, 0.25) is 0 Å². The van der Waals surface area contributed by atoms with E-state index in [0.29, 0.717) is 6.54 Å². The van der Waals surface area contributed by atoms with Crippen LogP contribution >= 0.6 is 0 Å². The molecule has 0 radical (unpaired) electrons. The molecule has 0 unspecified atom stereocenters. The summed E-state index contributed by atoms with van der Waals surface area (Å²) in [5, 5.41) is 22.8. The molecule has 0 bridgehead atoms. The fourth-order valence-corrected chi connectivity index (χ4v) is 1.72. The average molecular weight is 246 g/mol. The van der Waals surface area contributed by atoms with Crippen LogP contribution in [0.15, 0.2) is 36.5 Å². The van der Waals surface area contributed by atoms with Crippen LogP contribution in [0.3, 0.4) is 0 Å². The molecular formula is C14H18N2O2. The Morgan fingerprint density at radius 1 is 1.17 bits per heavy atom. The SMILES string of the molecule is CC(CO)(CO)CNc1ccnc2ccccc12. The van der Waals surface area contributed by atoms with Crippen molar-refractivity contribution >= 4 is 16.6 Å². The second-order valence-corrected chi connectivity index (χ2v) is 4.86. The summed E-state index contributed by atoms with van der Waals surface area (Å²) in [6.45, 7) is 2.23. The summed E-state index contributed by atoms with van der Waals surface area (Å²) in [5.74, 6) is 0. The van der Waals surface area contributed by atoms with Crippen molar-refractivity contribution in [2.24, 2.45) is 5.41 Å². The smallest absolute Gasteiger partial charge is 0.0722 e. The predicted octanol–water partition coefficient (Wildman–Crippen LogP) is 1.64. The van der Waals surface area contributed by atoms with E-state index in [1.54, 1.807) is 6.20 Å². The van der Waals surface area contributed by atoms with Crippen molar-refractivity contribution in [1.29, 1.82) is 0 Å². The molecule has 2 aromatic rings. The van der Waals surface area contributed by atoms with E-state index >= 15 is 0 Å². The van der Waals surface area contributed by atoms with Gasteiger partial charge in [0.15, 0.2) is 0 Å². The van der Waals surface area contributed by atoms with Gasteiger partial charge in [0, 0.05) is 29.2 Å². The number of fused-ring (bicyclic) bond motifs is 1. The number of nitrogens with zero attached hydrogens (tertiary/aromatic N) is 1. The van der Waals surface area contributed by atoms with Crippen molar-refractivity contribution in [2.45, 2.75) is 6.92 Å². The first-order chi connectivity index (χ1) is 8.68. The highest BCUT2D eigenvalue weighted by molar-refractivity contribution is 5.90. The van der Waals surface area contributed by atoms with Crippen molar-refractivity contribution in [2.75, 3.05) is 25.1 Å². The number of aromatic nitrogens is 1. The van der Waals surface area contributed by atoms with Crippen LogP contribution in [-0.2, 0) is 0 Å². The highest BCUT2D eigenvalue weighted by Crippen LogP contribution is 2.23. The minimum absolute atomic E-state index is 0.0560. The molecule has 1 heterocycles. The first-order valence-corrected chi connectivity index (χ1v) is 5.98. The highest BCUT2D eigenvalue weighted by atomic mass is 16.3. The minimum atomic E-state index is -0.523. The second-order valence-electron chi connectivity index (χ2n) is 4.86. The van der Waals surface area contributed by atoms with Gasteiger partial charge in [-0.1, -0.05) is 25.1 Å². The topological polar surface area (TPSA) is 65.4 Å². The third-order valence-electron chi connectivity index (χ3n) is 3.12. The number of pyridine rings is 1. The number of hydrogen-bond acceptors (Lipinski definition) is 4. The Morgan fingerprint density at radius 3 is 2.61 bits per heavy atom. The van der Waals surface area contributed by atoms with Crippen LogP contribution in [0.1, 0.15) is 6.92 Å². The fraction of sp³-hybridized carbons (Fsp3) is 0.357. The number of rotatable bonds is 5. The first-order valence-electron chi connectivity index (χ1n) is 5.98. The van der Waals surface area contributed by atoms with Crippen molar-refractivity contribution in [1.82, 2.24) is 4.98 Å². The van der Waals surface area contributed by atoms with Gasteiger partial charge in [-0.25, -0.2) is 0 Å². The second kappa shape index (κ2) is 5.33. The Bertz CT molecular complexity index is 519. The zero-order chi connectivity index (χ0) is 13.0. The van der Waals surface area contributed by atoms with E-state index in [2.05, 4.69) is 10.3 Å². The molecule has 96 valence electrons. The number of nitrogens with one attached hydrogen (secondary N) is 1. The average Bonchev–Trinajstić information content (AvgIpc) is 2.44. The summed E-state index contributed by atoms with van der Waals surface area (Å²) in [6, 6.07) is 9.77. The number of aliphatic hydroxyl groups excluding tert-OH is 2. The molecule has 0 saturated heterocycles. The van der Waals surface area contributed by atoms with E-state index in [4.69, 9.17) is 0 Å². The van der Waals surface area contributed by atoms with Crippen LogP contribution in [0.5, 0.6) is 0 Å². The molecule has 0 amide bonds. The molecule has 0 fully saturated rings. The lowest BCUT2D eigenvalue weighted by Crippen LogP contribution is -2.34.